The number of hydrogen-bond acceptors (Lipinski definition) is 4. The van der Waals surface area contributed by atoms with Gasteiger partial charge in [0.05, 0.1) is 18.8 Å². The van der Waals surface area contributed by atoms with Gasteiger partial charge in [-0.25, -0.2) is 0 Å². The van der Waals surface area contributed by atoms with E-state index >= 15 is 0 Å². The van der Waals surface area contributed by atoms with Crippen LogP contribution in [-0.2, 0) is 4.79 Å². The molecule has 0 N–H and O–H groups in total. The van der Waals surface area contributed by atoms with Gasteiger partial charge in [-0.05, 0) is 52.2 Å². The number of piperazine rings is 1. The maximum Gasteiger partial charge on any atom is 0.237 e. The molecule has 26 heavy (non-hydrogen) atoms. The first-order chi connectivity index (χ1) is 12.6. The minimum absolute atomic E-state index is 0.299. The van der Waals surface area contributed by atoms with E-state index in [0.717, 1.165) is 44.8 Å². The lowest BCUT2D eigenvalue weighted by molar-refractivity contribution is -0.138. The van der Waals surface area contributed by atoms with E-state index in [4.69, 9.17) is 4.74 Å². The quantitative estimate of drug-likeness (QED) is 0.810. The van der Waals surface area contributed by atoms with Crippen LogP contribution >= 0.6 is 0 Å². The van der Waals surface area contributed by atoms with Gasteiger partial charge in [0, 0.05) is 38.3 Å². The van der Waals surface area contributed by atoms with E-state index in [1.54, 1.807) is 0 Å². The lowest BCUT2D eigenvalue weighted by atomic mass is 9.97. The summed E-state index contributed by atoms with van der Waals surface area (Å²) >= 11 is 0. The first-order valence-electron chi connectivity index (χ1n) is 10.1. The highest BCUT2D eigenvalue weighted by molar-refractivity contribution is 5.79. The van der Waals surface area contributed by atoms with Crippen molar-refractivity contribution in [3.63, 3.8) is 0 Å². The second-order valence-corrected chi connectivity index (χ2v) is 7.59. The highest BCUT2D eigenvalue weighted by atomic mass is 16.5. The molecule has 2 aliphatic heterocycles. The standard InChI is InChI=1S/C21H33N3O2/c1-4-26-20-11-6-5-10-19(20)23-14-12-22(13-15-23)16-21(25)24-17(2)8-7-9-18(24)3/h5-6,10-11,17-18H,4,7-9,12-16H2,1-3H3/t17-,18-/m1/s1. The predicted molar refractivity (Wildman–Crippen MR) is 106 cm³/mol. The molecular formula is C21H33N3O2. The summed E-state index contributed by atoms with van der Waals surface area (Å²) in [6.45, 7) is 11.3. The van der Waals surface area contributed by atoms with Crippen LogP contribution in [0.3, 0.4) is 0 Å². The monoisotopic (exact) mass is 359 g/mol. The molecule has 0 bridgehead atoms. The fourth-order valence-corrected chi connectivity index (χ4v) is 4.33. The molecule has 2 fully saturated rings. The van der Waals surface area contributed by atoms with Crippen molar-refractivity contribution in [3.05, 3.63) is 24.3 Å². The van der Waals surface area contributed by atoms with Crippen LogP contribution in [0.1, 0.15) is 40.0 Å². The largest absolute Gasteiger partial charge is 0.492 e. The van der Waals surface area contributed by atoms with Crippen LogP contribution in [0.25, 0.3) is 0 Å². The van der Waals surface area contributed by atoms with Gasteiger partial charge in [0.1, 0.15) is 5.75 Å². The Bertz CT molecular complexity index is 589. The van der Waals surface area contributed by atoms with E-state index in [-0.39, 0.29) is 0 Å². The number of para-hydroxylation sites is 2. The van der Waals surface area contributed by atoms with Gasteiger partial charge in [0.25, 0.3) is 0 Å². The lowest BCUT2D eigenvalue weighted by Crippen LogP contribution is -2.54. The SMILES string of the molecule is CCOc1ccccc1N1CCN(CC(=O)N2[C@H](C)CCC[C@H]2C)CC1. The zero-order valence-corrected chi connectivity index (χ0v) is 16.5. The van der Waals surface area contributed by atoms with E-state index < -0.39 is 0 Å². The van der Waals surface area contributed by atoms with Crippen LogP contribution < -0.4 is 9.64 Å². The number of piperidine rings is 1. The molecule has 1 amide bonds. The summed E-state index contributed by atoms with van der Waals surface area (Å²) in [7, 11) is 0. The second-order valence-electron chi connectivity index (χ2n) is 7.59. The van der Waals surface area contributed by atoms with Gasteiger partial charge in [0.15, 0.2) is 0 Å². The van der Waals surface area contributed by atoms with Crippen molar-refractivity contribution in [2.24, 2.45) is 0 Å². The van der Waals surface area contributed by atoms with E-state index in [0.29, 0.717) is 31.1 Å². The van der Waals surface area contributed by atoms with E-state index in [1.165, 1.54) is 12.1 Å². The van der Waals surface area contributed by atoms with Crippen LogP contribution in [-0.4, -0.2) is 67.1 Å². The summed E-state index contributed by atoms with van der Waals surface area (Å²) in [5.41, 5.74) is 1.17. The smallest absolute Gasteiger partial charge is 0.237 e. The minimum Gasteiger partial charge on any atom is -0.492 e. The van der Waals surface area contributed by atoms with Gasteiger partial charge in [-0.1, -0.05) is 12.1 Å². The highest BCUT2D eigenvalue weighted by Gasteiger charge is 2.30. The Labute approximate surface area is 157 Å². The molecule has 2 saturated heterocycles. The van der Waals surface area contributed by atoms with Gasteiger partial charge in [0.2, 0.25) is 5.91 Å². The Morgan fingerprint density at radius 2 is 1.73 bits per heavy atom. The third-order valence-electron chi connectivity index (χ3n) is 5.72. The fraction of sp³-hybridized carbons (Fsp3) is 0.667. The number of rotatable bonds is 5. The van der Waals surface area contributed by atoms with Crippen molar-refractivity contribution >= 4 is 11.6 Å². The van der Waals surface area contributed by atoms with Crippen molar-refractivity contribution in [1.29, 1.82) is 0 Å². The minimum atomic E-state index is 0.299. The molecule has 0 radical (unpaired) electrons. The highest BCUT2D eigenvalue weighted by Crippen LogP contribution is 2.29. The van der Waals surface area contributed by atoms with Crippen LogP contribution in [0.2, 0.25) is 0 Å². The third kappa shape index (κ3) is 4.32. The van der Waals surface area contributed by atoms with Crippen molar-refractivity contribution in [3.8, 4) is 5.75 Å². The summed E-state index contributed by atoms with van der Waals surface area (Å²) in [6, 6.07) is 9.00. The summed E-state index contributed by atoms with van der Waals surface area (Å²) in [6.07, 6.45) is 3.51. The van der Waals surface area contributed by atoms with Gasteiger partial charge in [-0.3, -0.25) is 9.69 Å². The number of nitrogens with zero attached hydrogens (tertiary/aromatic N) is 3. The average molecular weight is 360 g/mol. The van der Waals surface area contributed by atoms with Crippen LogP contribution in [0.4, 0.5) is 5.69 Å². The molecule has 2 atom stereocenters. The van der Waals surface area contributed by atoms with Gasteiger partial charge in [-0.2, -0.15) is 0 Å². The lowest BCUT2D eigenvalue weighted by Gasteiger charge is -2.41. The van der Waals surface area contributed by atoms with Crippen LogP contribution in [0.5, 0.6) is 5.75 Å². The number of ether oxygens (including phenoxy) is 1. The number of anilines is 1. The third-order valence-corrected chi connectivity index (χ3v) is 5.72. The Kier molecular flexibility index (Phi) is 6.41. The molecule has 2 aliphatic rings. The molecular weight excluding hydrogens is 326 g/mol. The first-order valence-corrected chi connectivity index (χ1v) is 10.1. The molecule has 5 nitrogen and oxygen atoms in total. The normalized spacial score (nSPS) is 24.6. The second kappa shape index (κ2) is 8.76. The van der Waals surface area contributed by atoms with E-state index in [2.05, 4.69) is 40.7 Å². The topological polar surface area (TPSA) is 36.0 Å². The molecule has 0 saturated carbocycles. The number of carbonyl (C=O) groups is 1. The molecule has 3 rings (SSSR count). The number of benzene rings is 1. The predicted octanol–water partition coefficient (Wildman–Crippen LogP) is 3.00. The number of amides is 1. The molecule has 0 aliphatic carbocycles. The summed E-state index contributed by atoms with van der Waals surface area (Å²) in [4.78, 5) is 19.6. The van der Waals surface area contributed by atoms with Gasteiger partial charge in [-0.15, -0.1) is 0 Å². The van der Waals surface area contributed by atoms with E-state index in [9.17, 15) is 4.79 Å². The summed E-state index contributed by atoms with van der Waals surface area (Å²) in [5.74, 6) is 1.25. The molecule has 1 aromatic rings. The zero-order chi connectivity index (χ0) is 18.5. The average Bonchev–Trinajstić information content (AvgIpc) is 2.63. The van der Waals surface area contributed by atoms with Crippen LogP contribution in [0, 0.1) is 0 Å². The number of likely N-dealkylation sites (tertiary alicyclic amines) is 1. The van der Waals surface area contributed by atoms with Gasteiger partial charge >= 0.3 is 0 Å². The molecule has 0 spiro atoms. The molecule has 0 aromatic heterocycles. The Morgan fingerprint density at radius 3 is 2.38 bits per heavy atom. The van der Waals surface area contributed by atoms with Crippen molar-refractivity contribution in [2.45, 2.75) is 52.1 Å². The zero-order valence-electron chi connectivity index (χ0n) is 16.5. The Hall–Kier alpha value is -1.75. The van der Waals surface area contributed by atoms with Crippen LogP contribution in [0.15, 0.2) is 24.3 Å². The number of hydrogen-bond donors (Lipinski definition) is 0. The number of carbonyl (C=O) groups excluding carboxylic acids is 1. The summed E-state index contributed by atoms with van der Waals surface area (Å²) in [5, 5.41) is 0. The maximum absolute atomic E-state index is 12.8. The molecule has 144 valence electrons. The molecule has 2 heterocycles. The summed E-state index contributed by atoms with van der Waals surface area (Å²) < 4.78 is 5.77. The Balaban J connectivity index is 1.55. The maximum atomic E-state index is 12.8. The van der Waals surface area contributed by atoms with Gasteiger partial charge < -0.3 is 14.5 Å². The molecule has 0 unspecified atom stereocenters. The van der Waals surface area contributed by atoms with Crippen molar-refractivity contribution < 1.29 is 9.53 Å². The fourth-order valence-electron chi connectivity index (χ4n) is 4.33. The molecule has 1 aromatic carbocycles. The Morgan fingerprint density at radius 1 is 1.08 bits per heavy atom. The first kappa shape index (κ1) is 19.0. The van der Waals surface area contributed by atoms with E-state index in [1.807, 2.05) is 19.1 Å². The van der Waals surface area contributed by atoms with Crippen molar-refractivity contribution in [2.75, 3.05) is 44.2 Å². The molecule has 5 heteroatoms. The van der Waals surface area contributed by atoms with Crippen molar-refractivity contribution in [1.82, 2.24) is 9.80 Å².